The summed E-state index contributed by atoms with van der Waals surface area (Å²) in [6, 6.07) is 8.20. The summed E-state index contributed by atoms with van der Waals surface area (Å²) in [6.07, 6.45) is -0.688. The van der Waals surface area contributed by atoms with Crippen molar-refractivity contribution >= 4 is 12.1 Å². The molecule has 0 aliphatic rings. The lowest BCUT2D eigenvalue weighted by Gasteiger charge is -2.23. The van der Waals surface area contributed by atoms with E-state index in [0.29, 0.717) is 0 Å². The Morgan fingerprint density at radius 1 is 1.35 bits per heavy atom. The van der Waals surface area contributed by atoms with Crippen LogP contribution in [0.2, 0.25) is 0 Å². The van der Waals surface area contributed by atoms with E-state index in [1.54, 1.807) is 6.92 Å². The number of benzene rings is 1. The van der Waals surface area contributed by atoms with Crippen LogP contribution in [0.5, 0.6) is 0 Å². The van der Waals surface area contributed by atoms with Gasteiger partial charge in [0, 0.05) is 0 Å². The zero-order chi connectivity index (χ0) is 15.0. The van der Waals surface area contributed by atoms with Crippen molar-refractivity contribution in [1.82, 2.24) is 4.90 Å². The molecule has 20 heavy (non-hydrogen) atoms. The number of carbonyl (C=O) groups excluding carboxylic acids is 1. The Hall–Kier alpha value is -2.48. The van der Waals surface area contributed by atoms with Crippen molar-refractivity contribution < 1.29 is 19.4 Å². The Morgan fingerprint density at radius 2 is 2.00 bits per heavy atom. The van der Waals surface area contributed by atoms with Crippen molar-refractivity contribution in [3.63, 3.8) is 0 Å². The van der Waals surface area contributed by atoms with Crippen LogP contribution in [0.15, 0.2) is 30.3 Å². The van der Waals surface area contributed by atoms with Gasteiger partial charge in [-0.1, -0.05) is 36.3 Å². The molecule has 1 aromatic rings. The summed E-state index contributed by atoms with van der Waals surface area (Å²) in [7, 11) is 0. The molecule has 0 saturated heterocycles. The van der Waals surface area contributed by atoms with Crippen molar-refractivity contribution in [2.45, 2.75) is 26.5 Å². The summed E-state index contributed by atoms with van der Waals surface area (Å²) in [6.45, 7) is 3.17. The highest BCUT2D eigenvalue weighted by molar-refractivity contribution is 5.79. The molecule has 0 radical (unpaired) electrons. The molecule has 0 aliphatic heterocycles. The Balaban J connectivity index is 2.67. The highest BCUT2D eigenvalue weighted by Gasteiger charge is 2.26. The van der Waals surface area contributed by atoms with Gasteiger partial charge in [0.05, 0.1) is 6.54 Å². The Labute approximate surface area is 118 Å². The van der Waals surface area contributed by atoms with Gasteiger partial charge < -0.3 is 9.84 Å². The minimum Gasteiger partial charge on any atom is -0.480 e. The van der Waals surface area contributed by atoms with Gasteiger partial charge in [0.1, 0.15) is 12.6 Å². The SMILES string of the molecule is CC#CCN(C(=O)OCc1ccccc1)C(C)C(=O)O. The van der Waals surface area contributed by atoms with Crippen LogP contribution in [0.3, 0.4) is 0 Å². The van der Waals surface area contributed by atoms with Crippen LogP contribution in [0, 0.1) is 11.8 Å². The largest absolute Gasteiger partial charge is 0.480 e. The first-order chi connectivity index (χ1) is 9.56. The van der Waals surface area contributed by atoms with Gasteiger partial charge in [0.2, 0.25) is 0 Å². The predicted molar refractivity (Wildman–Crippen MR) is 73.9 cm³/mol. The van der Waals surface area contributed by atoms with E-state index < -0.39 is 18.1 Å². The van der Waals surface area contributed by atoms with Crippen LogP contribution in [-0.4, -0.2) is 34.7 Å². The molecule has 0 aliphatic carbocycles. The first-order valence-electron chi connectivity index (χ1n) is 6.16. The molecule has 106 valence electrons. The number of nitrogens with zero attached hydrogens (tertiary/aromatic N) is 1. The third-order valence-corrected chi connectivity index (χ3v) is 2.69. The molecule has 1 N–H and O–H groups in total. The van der Waals surface area contributed by atoms with Crippen LogP contribution in [0.4, 0.5) is 4.79 Å². The maximum atomic E-state index is 11.9. The van der Waals surface area contributed by atoms with Gasteiger partial charge in [-0.25, -0.2) is 9.59 Å². The number of carboxylic acid groups (broad SMARTS) is 1. The second-order valence-electron chi connectivity index (χ2n) is 4.11. The Bertz CT molecular complexity index is 516. The fraction of sp³-hybridized carbons (Fsp3) is 0.333. The van der Waals surface area contributed by atoms with Crippen LogP contribution < -0.4 is 0 Å². The first-order valence-corrected chi connectivity index (χ1v) is 6.16. The lowest BCUT2D eigenvalue weighted by Crippen LogP contribution is -2.43. The van der Waals surface area contributed by atoms with E-state index in [1.807, 2.05) is 30.3 Å². The van der Waals surface area contributed by atoms with Crippen LogP contribution in [-0.2, 0) is 16.1 Å². The van der Waals surface area contributed by atoms with Gasteiger partial charge in [0.15, 0.2) is 0 Å². The topological polar surface area (TPSA) is 66.8 Å². The average Bonchev–Trinajstić information content (AvgIpc) is 2.46. The highest BCUT2D eigenvalue weighted by Crippen LogP contribution is 2.06. The molecule has 0 spiro atoms. The number of aliphatic carboxylic acids is 1. The summed E-state index contributed by atoms with van der Waals surface area (Å²) < 4.78 is 5.11. The number of hydrogen-bond donors (Lipinski definition) is 1. The fourth-order valence-corrected chi connectivity index (χ4v) is 1.46. The molecule has 0 bridgehead atoms. The zero-order valence-corrected chi connectivity index (χ0v) is 11.5. The molecule has 1 amide bonds. The van der Waals surface area contributed by atoms with Crippen molar-refractivity contribution in [2.75, 3.05) is 6.54 Å². The van der Waals surface area contributed by atoms with E-state index in [2.05, 4.69) is 11.8 Å². The third kappa shape index (κ3) is 4.65. The standard InChI is InChI=1S/C15H17NO4/c1-3-4-10-16(12(2)14(17)18)15(19)20-11-13-8-6-5-7-9-13/h5-9,12H,10-11H2,1-2H3,(H,17,18). The number of rotatable bonds is 5. The Kier molecular flexibility index (Phi) is 6.11. The number of hydrogen-bond acceptors (Lipinski definition) is 3. The number of ether oxygens (including phenoxy) is 1. The lowest BCUT2D eigenvalue weighted by molar-refractivity contribution is -0.141. The van der Waals surface area contributed by atoms with Crippen molar-refractivity contribution in [1.29, 1.82) is 0 Å². The second kappa shape index (κ2) is 7.85. The quantitative estimate of drug-likeness (QED) is 0.836. The number of amides is 1. The van der Waals surface area contributed by atoms with Gasteiger partial charge in [-0.15, -0.1) is 5.92 Å². The van der Waals surface area contributed by atoms with Crippen molar-refractivity contribution in [3.05, 3.63) is 35.9 Å². The van der Waals surface area contributed by atoms with E-state index in [0.717, 1.165) is 10.5 Å². The smallest absolute Gasteiger partial charge is 0.411 e. The molecule has 0 heterocycles. The minimum atomic E-state index is -1.10. The van der Waals surface area contributed by atoms with Gasteiger partial charge in [-0.05, 0) is 19.4 Å². The monoisotopic (exact) mass is 275 g/mol. The summed E-state index contributed by atoms with van der Waals surface area (Å²) >= 11 is 0. The number of carbonyl (C=O) groups is 2. The molecule has 1 aromatic carbocycles. The molecule has 1 unspecified atom stereocenters. The first kappa shape index (κ1) is 15.6. The minimum absolute atomic E-state index is 0.0254. The molecule has 5 nitrogen and oxygen atoms in total. The summed E-state index contributed by atoms with van der Waals surface area (Å²) in [4.78, 5) is 24.0. The molecule has 1 rings (SSSR count). The van der Waals surface area contributed by atoms with Crippen molar-refractivity contribution in [2.24, 2.45) is 0 Å². The predicted octanol–water partition coefficient (Wildman–Crippen LogP) is 2.12. The zero-order valence-electron chi connectivity index (χ0n) is 11.5. The summed E-state index contributed by atoms with van der Waals surface area (Å²) in [5.74, 6) is 4.21. The normalized spacial score (nSPS) is 10.9. The van der Waals surface area contributed by atoms with Crippen LogP contribution in [0.1, 0.15) is 19.4 Å². The second-order valence-corrected chi connectivity index (χ2v) is 4.11. The van der Waals surface area contributed by atoms with Gasteiger partial charge in [-0.3, -0.25) is 4.90 Å². The molecule has 0 aromatic heterocycles. The lowest BCUT2D eigenvalue weighted by atomic mass is 10.2. The highest BCUT2D eigenvalue weighted by atomic mass is 16.6. The van der Waals surface area contributed by atoms with Crippen LogP contribution in [0.25, 0.3) is 0 Å². The molecule has 0 fully saturated rings. The molecular weight excluding hydrogens is 258 g/mol. The summed E-state index contributed by atoms with van der Waals surface area (Å²) in [5.41, 5.74) is 0.838. The van der Waals surface area contributed by atoms with Gasteiger partial charge in [-0.2, -0.15) is 0 Å². The van der Waals surface area contributed by atoms with E-state index in [-0.39, 0.29) is 13.2 Å². The van der Waals surface area contributed by atoms with Crippen LogP contribution >= 0.6 is 0 Å². The van der Waals surface area contributed by atoms with Gasteiger partial charge >= 0.3 is 12.1 Å². The third-order valence-electron chi connectivity index (χ3n) is 2.69. The Morgan fingerprint density at radius 3 is 2.55 bits per heavy atom. The molecular formula is C15H17NO4. The van der Waals surface area contributed by atoms with E-state index in [1.165, 1.54) is 6.92 Å². The number of carboxylic acids is 1. The van der Waals surface area contributed by atoms with Crippen molar-refractivity contribution in [3.8, 4) is 11.8 Å². The fourth-order valence-electron chi connectivity index (χ4n) is 1.46. The van der Waals surface area contributed by atoms with E-state index >= 15 is 0 Å². The van der Waals surface area contributed by atoms with Gasteiger partial charge in [0.25, 0.3) is 0 Å². The maximum absolute atomic E-state index is 11.9. The molecule has 1 atom stereocenters. The van der Waals surface area contributed by atoms with E-state index in [4.69, 9.17) is 9.84 Å². The average molecular weight is 275 g/mol. The van der Waals surface area contributed by atoms with E-state index in [9.17, 15) is 9.59 Å². The molecule has 0 saturated carbocycles. The molecule has 5 heteroatoms. The maximum Gasteiger partial charge on any atom is 0.411 e. The summed E-state index contributed by atoms with van der Waals surface area (Å²) in [5, 5.41) is 8.99.